The van der Waals surface area contributed by atoms with E-state index in [1.165, 1.54) is 0 Å². The molecule has 1 rings (SSSR count). The number of methoxy groups -OCH3 is 2. The Bertz CT molecular complexity index is 434. The lowest BCUT2D eigenvalue weighted by atomic mass is 9.95. The average Bonchev–Trinajstić information content (AvgIpc) is 2.53. The Hall–Kier alpha value is -1.33. The summed E-state index contributed by atoms with van der Waals surface area (Å²) in [7, 11) is 3.29. The first-order valence-electron chi connectivity index (χ1n) is 7.57. The number of ether oxygens (including phenoxy) is 2. The molecule has 0 aliphatic rings. The number of aromatic nitrogens is 1. The molecule has 1 aromatic heterocycles. The van der Waals surface area contributed by atoms with E-state index in [9.17, 15) is 0 Å². The van der Waals surface area contributed by atoms with Gasteiger partial charge in [0.1, 0.15) is 5.69 Å². The lowest BCUT2D eigenvalue weighted by Gasteiger charge is -2.40. The van der Waals surface area contributed by atoms with E-state index in [2.05, 4.69) is 30.7 Å². The van der Waals surface area contributed by atoms with Crippen molar-refractivity contribution in [2.45, 2.75) is 45.7 Å². The monoisotopic (exact) mass is 295 g/mol. The van der Waals surface area contributed by atoms with Crippen LogP contribution >= 0.6 is 0 Å². The van der Waals surface area contributed by atoms with Crippen LogP contribution in [0.15, 0.2) is 12.3 Å². The van der Waals surface area contributed by atoms with Crippen LogP contribution in [0.4, 0.5) is 0 Å². The van der Waals surface area contributed by atoms with Crippen molar-refractivity contribution in [1.82, 2.24) is 9.88 Å². The smallest absolute Gasteiger partial charge is 0.183 e. The van der Waals surface area contributed by atoms with Crippen LogP contribution in [-0.4, -0.2) is 42.7 Å². The number of rotatable bonds is 9. The molecule has 1 atom stereocenters. The molecular formula is C16H29N3O2. The topological polar surface area (TPSA) is 60.6 Å². The Morgan fingerprint density at radius 2 is 2.00 bits per heavy atom. The quantitative estimate of drug-likeness (QED) is 0.758. The first-order valence-corrected chi connectivity index (χ1v) is 7.57. The van der Waals surface area contributed by atoms with E-state index in [0.717, 1.165) is 25.1 Å². The molecule has 5 nitrogen and oxygen atoms in total. The van der Waals surface area contributed by atoms with Gasteiger partial charge in [0.05, 0.1) is 14.2 Å². The summed E-state index contributed by atoms with van der Waals surface area (Å²) in [6, 6.07) is 1.81. The van der Waals surface area contributed by atoms with Gasteiger partial charge in [-0.1, -0.05) is 13.8 Å². The summed E-state index contributed by atoms with van der Waals surface area (Å²) in [4.78, 5) is 6.86. The highest BCUT2D eigenvalue weighted by Crippen LogP contribution is 2.31. The number of hydrogen-bond acceptors (Lipinski definition) is 5. The number of nitrogens with zero attached hydrogens (tertiary/aromatic N) is 2. The Kier molecular flexibility index (Phi) is 6.92. The molecule has 0 fully saturated rings. The SMILES string of the molecule is CCCN(Cc1nccc(OC)c1OC)C(C)(CC)CN. The van der Waals surface area contributed by atoms with E-state index in [1.54, 1.807) is 20.4 Å². The lowest BCUT2D eigenvalue weighted by Crippen LogP contribution is -2.51. The zero-order valence-corrected chi connectivity index (χ0v) is 14.0. The molecular weight excluding hydrogens is 266 g/mol. The zero-order valence-electron chi connectivity index (χ0n) is 14.0. The molecule has 1 aromatic rings. The molecule has 1 unspecified atom stereocenters. The highest BCUT2D eigenvalue weighted by molar-refractivity contribution is 5.42. The van der Waals surface area contributed by atoms with Crippen molar-refractivity contribution in [2.75, 3.05) is 27.3 Å². The van der Waals surface area contributed by atoms with Crippen molar-refractivity contribution < 1.29 is 9.47 Å². The van der Waals surface area contributed by atoms with Crippen LogP contribution < -0.4 is 15.2 Å². The van der Waals surface area contributed by atoms with E-state index >= 15 is 0 Å². The Labute approximate surface area is 128 Å². The Morgan fingerprint density at radius 1 is 1.29 bits per heavy atom. The number of pyridine rings is 1. The summed E-state index contributed by atoms with van der Waals surface area (Å²) in [5.74, 6) is 1.42. The standard InChI is InChI=1S/C16H29N3O2/c1-6-10-19(16(3,7-2)12-17)11-13-15(21-5)14(20-4)8-9-18-13/h8-9H,6-7,10-12,17H2,1-5H3. The minimum atomic E-state index is -0.0359. The fourth-order valence-electron chi connectivity index (χ4n) is 2.45. The zero-order chi connectivity index (χ0) is 15.9. The van der Waals surface area contributed by atoms with Gasteiger partial charge in [0.15, 0.2) is 11.5 Å². The van der Waals surface area contributed by atoms with Gasteiger partial charge in [0.25, 0.3) is 0 Å². The van der Waals surface area contributed by atoms with Gasteiger partial charge in [-0.15, -0.1) is 0 Å². The van der Waals surface area contributed by atoms with Crippen molar-refractivity contribution in [1.29, 1.82) is 0 Å². The largest absolute Gasteiger partial charge is 0.493 e. The Morgan fingerprint density at radius 3 is 2.48 bits per heavy atom. The third-order valence-corrected chi connectivity index (χ3v) is 4.17. The maximum atomic E-state index is 6.01. The van der Waals surface area contributed by atoms with E-state index in [1.807, 2.05) is 6.07 Å². The summed E-state index contributed by atoms with van der Waals surface area (Å²) in [6.45, 7) is 8.85. The fraction of sp³-hybridized carbons (Fsp3) is 0.688. The highest BCUT2D eigenvalue weighted by Gasteiger charge is 2.29. The molecule has 0 aliphatic heterocycles. The molecule has 5 heteroatoms. The lowest BCUT2D eigenvalue weighted by molar-refractivity contribution is 0.0945. The third kappa shape index (κ3) is 4.08. The van der Waals surface area contributed by atoms with Gasteiger partial charge in [-0.25, -0.2) is 0 Å². The predicted molar refractivity (Wildman–Crippen MR) is 85.8 cm³/mol. The molecule has 0 aliphatic carbocycles. The number of hydrogen-bond donors (Lipinski definition) is 1. The van der Waals surface area contributed by atoms with Gasteiger partial charge in [0, 0.05) is 30.9 Å². The van der Waals surface area contributed by atoms with E-state index in [4.69, 9.17) is 15.2 Å². The maximum absolute atomic E-state index is 6.01. The highest BCUT2D eigenvalue weighted by atomic mass is 16.5. The van der Waals surface area contributed by atoms with Gasteiger partial charge in [-0.3, -0.25) is 9.88 Å². The minimum absolute atomic E-state index is 0.0359. The second-order valence-electron chi connectivity index (χ2n) is 5.47. The molecule has 0 amide bonds. The van der Waals surface area contributed by atoms with Gasteiger partial charge in [0.2, 0.25) is 0 Å². The van der Waals surface area contributed by atoms with Gasteiger partial charge < -0.3 is 15.2 Å². The molecule has 0 spiro atoms. The van der Waals surface area contributed by atoms with E-state index < -0.39 is 0 Å². The molecule has 21 heavy (non-hydrogen) atoms. The van der Waals surface area contributed by atoms with Crippen LogP contribution in [0.1, 0.15) is 39.3 Å². The molecule has 120 valence electrons. The summed E-state index contributed by atoms with van der Waals surface area (Å²) in [5.41, 5.74) is 6.86. The molecule has 1 heterocycles. The second kappa shape index (κ2) is 8.20. The van der Waals surface area contributed by atoms with Crippen molar-refractivity contribution in [3.63, 3.8) is 0 Å². The molecule has 0 aromatic carbocycles. The number of nitrogens with two attached hydrogens (primary N) is 1. The van der Waals surface area contributed by atoms with Crippen LogP contribution in [0.2, 0.25) is 0 Å². The summed E-state index contributed by atoms with van der Waals surface area (Å²) < 4.78 is 10.8. The van der Waals surface area contributed by atoms with Crippen molar-refractivity contribution in [3.8, 4) is 11.5 Å². The van der Waals surface area contributed by atoms with Crippen LogP contribution in [0.5, 0.6) is 11.5 Å². The van der Waals surface area contributed by atoms with E-state index in [-0.39, 0.29) is 5.54 Å². The predicted octanol–water partition coefficient (Wildman–Crippen LogP) is 2.44. The molecule has 0 bridgehead atoms. The van der Waals surface area contributed by atoms with Crippen molar-refractivity contribution in [3.05, 3.63) is 18.0 Å². The van der Waals surface area contributed by atoms with Crippen molar-refractivity contribution in [2.24, 2.45) is 5.73 Å². The van der Waals surface area contributed by atoms with E-state index in [0.29, 0.717) is 24.6 Å². The average molecular weight is 295 g/mol. The molecule has 0 saturated heterocycles. The maximum Gasteiger partial charge on any atom is 0.183 e. The van der Waals surface area contributed by atoms with Crippen LogP contribution in [-0.2, 0) is 6.54 Å². The van der Waals surface area contributed by atoms with Gasteiger partial charge >= 0.3 is 0 Å². The summed E-state index contributed by atoms with van der Waals surface area (Å²) >= 11 is 0. The molecule has 0 radical (unpaired) electrons. The molecule has 0 saturated carbocycles. The minimum Gasteiger partial charge on any atom is -0.493 e. The molecule has 2 N–H and O–H groups in total. The van der Waals surface area contributed by atoms with Crippen LogP contribution in [0, 0.1) is 0 Å². The van der Waals surface area contributed by atoms with Crippen LogP contribution in [0.3, 0.4) is 0 Å². The van der Waals surface area contributed by atoms with Crippen LogP contribution in [0.25, 0.3) is 0 Å². The summed E-state index contributed by atoms with van der Waals surface area (Å²) in [6.07, 6.45) is 3.82. The van der Waals surface area contributed by atoms with Gasteiger partial charge in [-0.2, -0.15) is 0 Å². The normalized spacial score (nSPS) is 14.0. The first-order chi connectivity index (χ1) is 10.1. The third-order valence-electron chi connectivity index (χ3n) is 4.17. The second-order valence-corrected chi connectivity index (χ2v) is 5.47. The summed E-state index contributed by atoms with van der Waals surface area (Å²) in [5, 5.41) is 0. The van der Waals surface area contributed by atoms with Gasteiger partial charge in [-0.05, 0) is 26.3 Å². The fourth-order valence-corrected chi connectivity index (χ4v) is 2.45. The van der Waals surface area contributed by atoms with Crippen molar-refractivity contribution >= 4 is 0 Å². The first kappa shape index (κ1) is 17.7. The Balaban J connectivity index is 3.09.